The Hall–Kier alpha value is -3.03. The quantitative estimate of drug-likeness (QED) is 0.454. The lowest BCUT2D eigenvalue weighted by Gasteiger charge is -2.11. The molecular weight excluding hydrogens is 406 g/mol. The predicted octanol–water partition coefficient (Wildman–Crippen LogP) is 4.75. The molecule has 0 aliphatic carbocycles. The van der Waals surface area contributed by atoms with E-state index >= 15 is 0 Å². The van der Waals surface area contributed by atoms with E-state index in [2.05, 4.69) is 15.5 Å². The SMILES string of the molecule is Cc1cccc(NC(=O)CSc2nnc(-n3cccc3)n2-c2ccc(Cl)cc2)c1. The van der Waals surface area contributed by atoms with E-state index in [1.165, 1.54) is 11.8 Å². The summed E-state index contributed by atoms with van der Waals surface area (Å²) in [6, 6.07) is 19.0. The number of aromatic nitrogens is 4. The monoisotopic (exact) mass is 423 g/mol. The summed E-state index contributed by atoms with van der Waals surface area (Å²) in [4.78, 5) is 12.4. The van der Waals surface area contributed by atoms with E-state index in [9.17, 15) is 4.79 Å². The van der Waals surface area contributed by atoms with Crippen LogP contribution < -0.4 is 5.32 Å². The number of hydrogen-bond acceptors (Lipinski definition) is 4. The zero-order valence-electron chi connectivity index (χ0n) is 15.6. The van der Waals surface area contributed by atoms with E-state index in [-0.39, 0.29) is 11.7 Å². The highest BCUT2D eigenvalue weighted by Gasteiger charge is 2.17. The Bertz CT molecular complexity index is 1120. The zero-order valence-corrected chi connectivity index (χ0v) is 17.2. The summed E-state index contributed by atoms with van der Waals surface area (Å²) in [5.41, 5.74) is 2.74. The Labute approximate surface area is 177 Å². The van der Waals surface area contributed by atoms with Gasteiger partial charge in [-0.1, -0.05) is 35.5 Å². The number of anilines is 1. The first kappa shape index (κ1) is 19.3. The van der Waals surface area contributed by atoms with Crippen LogP contribution in [0.25, 0.3) is 11.6 Å². The van der Waals surface area contributed by atoms with Crippen molar-refractivity contribution < 1.29 is 4.79 Å². The standard InChI is InChI=1S/C21H18ClN5OS/c1-15-5-4-6-17(13-15)23-19(28)14-29-21-25-24-20(26-11-2-3-12-26)27(21)18-9-7-16(22)8-10-18/h2-13H,14H2,1H3,(H,23,28). The molecule has 0 saturated carbocycles. The number of rotatable bonds is 6. The Morgan fingerprint density at radius 2 is 1.83 bits per heavy atom. The van der Waals surface area contributed by atoms with Crippen molar-refractivity contribution >= 4 is 35.0 Å². The van der Waals surface area contributed by atoms with E-state index in [0.717, 1.165) is 16.9 Å². The maximum absolute atomic E-state index is 12.4. The highest BCUT2D eigenvalue weighted by molar-refractivity contribution is 7.99. The van der Waals surface area contributed by atoms with Gasteiger partial charge < -0.3 is 5.32 Å². The molecule has 0 unspecified atom stereocenters. The molecule has 0 radical (unpaired) electrons. The van der Waals surface area contributed by atoms with Gasteiger partial charge in [-0.25, -0.2) is 0 Å². The summed E-state index contributed by atoms with van der Waals surface area (Å²) in [5.74, 6) is 0.749. The summed E-state index contributed by atoms with van der Waals surface area (Å²) >= 11 is 7.37. The van der Waals surface area contributed by atoms with Crippen molar-refractivity contribution in [3.05, 3.63) is 83.6 Å². The molecule has 2 aromatic heterocycles. The van der Waals surface area contributed by atoms with Gasteiger partial charge in [-0.2, -0.15) is 0 Å². The lowest BCUT2D eigenvalue weighted by atomic mass is 10.2. The molecule has 2 heterocycles. The fourth-order valence-electron chi connectivity index (χ4n) is 2.86. The minimum Gasteiger partial charge on any atom is -0.325 e. The van der Waals surface area contributed by atoms with Crippen molar-refractivity contribution in [3.63, 3.8) is 0 Å². The minimum absolute atomic E-state index is 0.103. The van der Waals surface area contributed by atoms with Crippen LogP contribution in [0.3, 0.4) is 0 Å². The van der Waals surface area contributed by atoms with Crippen LogP contribution in [0.4, 0.5) is 5.69 Å². The predicted molar refractivity (Wildman–Crippen MR) is 116 cm³/mol. The van der Waals surface area contributed by atoms with Gasteiger partial charge >= 0.3 is 0 Å². The van der Waals surface area contributed by atoms with E-state index < -0.39 is 0 Å². The molecule has 0 fully saturated rings. The highest BCUT2D eigenvalue weighted by Crippen LogP contribution is 2.25. The molecule has 0 aliphatic rings. The van der Waals surface area contributed by atoms with Crippen molar-refractivity contribution in [2.24, 2.45) is 0 Å². The van der Waals surface area contributed by atoms with Gasteiger partial charge in [-0.05, 0) is 61.0 Å². The number of hydrogen-bond donors (Lipinski definition) is 1. The normalized spacial score (nSPS) is 10.8. The number of aryl methyl sites for hydroxylation is 1. The van der Waals surface area contributed by atoms with Gasteiger partial charge in [0.2, 0.25) is 11.9 Å². The molecule has 1 N–H and O–H groups in total. The topological polar surface area (TPSA) is 64.7 Å². The molecule has 4 rings (SSSR count). The van der Waals surface area contributed by atoms with Gasteiger partial charge in [-0.15, -0.1) is 10.2 Å². The first-order valence-corrected chi connectivity index (χ1v) is 10.3. The number of benzene rings is 2. The van der Waals surface area contributed by atoms with Crippen LogP contribution in [0.15, 0.2) is 78.2 Å². The molecule has 4 aromatic rings. The second-order valence-electron chi connectivity index (χ2n) is 6.39. The third-order valence-electron chi connectivity index (χ3n) is 4.17. The summed E-state index contributed by atoms with van der Waals surface area (Å²) in [6.07, 6.45) is 3.80. The maximum atomic E-state index is 12.4. The summed E-state index contributed by atoms with van der Waals surface area (Å²) in [5, 5.41) is 12.8. The Balaban J connectivity index is 1.57. The number of thioether (sulfide) groups is 1. The van der Waals surface area contributed by atoms with Crippen LogP contribution in [0.5, 0.6) is 0 Å². The van der Waals surface area contributed by atoms with Gasteiger partial charge in [0, 0.05) is 23.1 Å². The molecule has 0 bridgehead atoms. The summed E-state index contributed by atoms with van der Waals surface area (Å²) in [7, 11) is 0. The fourth-order valence-corrected chi connectivity index (χ4v) is 3.73. The van der Waals surface area contributed by atoms with Gasteiger partial charge in [0.25, 0.3) is 0 Å². The van der Waals surface area contributed by atoms with Gasteiger partial charge in [-0.3, -0.25) is 13.9 Å². The van der Waals surface area contributed by atoms with Gasteiger partial charge in [0.05, 0.1) is 11.4 Å². The van der Waals surface area contributed by atoms with E-state index in [1.54, 1.807) is 0 Å². The summed E-state index contributed by atoms with van der Waals surface area (Å²) in [6.45, 7) is 1.99. The van der Waals surface area contributed by atoms with Crippen LogP contribution in [0.2, 0.25) is 5.02 Å². The minimum atomic E-state index is -0.103. The maximum Gasteiger partial charge on any atom is 0.240 e. The zero-order chi connectivity index (χ0) is 20.2. The van der Waals surface area contributed by atoms with Gasteiger partial charge in [0.15, 0.2) is 5.16 Å². The Morgan fingerprint density at radius 3 is 2.55 bits per heavy atom. The molecule has 0 saturated heterocycles. The lowest BCUT2D eigenvalue weighted by Crippen LogP contribution is -2.14. The first-order chi connectivity index (χ1) is 14.1. The molecule has 1 amide bonds. The second-order valence-corrected chi connectivity index (χ2v) is 7.77. The number of halogens is 1. The molecule has 6 nitrogen and oxygen atoms in total. The molecular formula is C21H18ClN5OS. The van der Waals surface area contributed by atoms with E-state index in [0.29, 0.717) is 16.1 Å². The van der Waals surface area contributed by atoms with Crippen LogP contribution in [-0.4, -0.2) is 31.0 Å². The average molecular weight is 424 g/mol. The third-order valence-corrected chi connectivity index (χ3v) is 5.35. The number of nitrogens with one attached hydrogen (secondary N) is 1. The Morgan fingerprint density at radius 1 is 1.07 bits per heavy atom. The third kappa shape index (κ3) is 4.52. The summed E-state index contributed by atoms with van der Waals surface area (Å²) < 4.78 is 3.78. The van der Waals surface area contributed by atoms with Crippen molar-refractivity contribution in [2.75, 3.05) is 11.1 Å². The highest BCUT2D eigenvalue weighted by atomic mass is 35.5. The van der Waals surface area contributed by atoms with E-state index in [1.807, 2.05) is 89.1 Å². The number of amides is 1. The van der Waals surface area contributed by atoms with Crippen molar-refractivity contribution in [2.45, 2.75) is 12.1 Å². The van der Waals surface area contributed by atoms with Crippen LogP contribution in [0.1, 0.15) is 5.56 Å². The largest absolute Gasteiger partial charge is 0.325 e. The van der Waals surface area contributed by atoms with Crippen LogP contribution in [0, 0.1) is 6.92 Å². The first-order valence-electron chi connectivity index (χ1n) is 8.94. The molecule has 146 valence electrons. The van der Waals surface area contributed by atoms with E-state index in [4.69, 9.17) is 11.6 Å². The smallest absolute Gasteiger partial charge is 0.240 e. The van der Waals surface area contributed by atoms with Crippen molar-refractivity contribution in [1.29, 1.82) is 0 Å². The number of nitrogens with zero attached hydrogens (tertiary/aromatic N) is 4. The number of carbonyl (C=O) groups excluding carboxylic acids is 1. The van der Waals surface area contributed by atoms with Crippen molar-refractivity contribution in [1.82, 2.24) is 19.3 Å². The second kappa shape index (κ2) is 8.55. The Kier molecular flexibility index (Phi) is 5.69. The average Bonchev–Trinajstić information content (AvgIpc) is 3.37. The van der Waals surface area contributed by atoms with Gasteiger partial charge in [0.1, 0.15) is 0 Å². The molecule has 2 aromatic carbocycles. The molecule has 0 atom stereocenters. The van der Waals surface area contributed by atoms with Crippen LogP contribution >= 0.6 is 23.4 Å². The molecule has 8 heteroatoms. The fraction of sp³-hybridized carbons (Fsp3) is 0.0952. The molecule has 0 spiro atoms. The van der Waals surface area contributed by atoms with Crippen molar-refractivity contribution in [3.8, 4) is 11.6 Å². The van der Waals surface area contributed by atoms with Crippen LogP contribution in [-0.2, 0) is 4.79 Å². The number of carbonyl (C=O) groups is 1. The lowest BCUT2D eigenvalue weighted by molar-refractivity contribution is -0.113. The molecule has 29 heavy (non-hydrogen) atoms. The molecule has 0 aliphatic heterocycles.